The summed E-state index contributed by atoms with van der Waals surface area (Å²) in [7, 11) is 0. The third-order valence-corrected chi connectivity index (χ3v) is 5.11. The van der Waals surface area contributed by atoms with Gasteiger partial charge in [0, 0.05) is 23.5 Å². The van der Waals surface area contributed by atoms with Crippen LogP contribution in [0.2, 0.25) is 0 Å². The van der Waals surface area contributed by atoms with Gasteiger partial charge >= 0.3 is 0 Å². The average molecular weight is 381 g/mol. The lowest BCUT2D eigenvalue weighted by Crippen LogP contribution is -2.27. The number of carbonyl (C=O) groups is 1. The molecule has 28 heavy (non-hydrogen) atoms. The van der Waals surface area contributed by atoms with Gasteiger partial charge in [0.25, 0.3) is 0 Å². The molecule has 5 nitrogen and oxygen atoms in total. The molecule has 1 amide bonds. The van der Waals surface area contributed by atoms with Crippen LogP contribution < -0.4 is 10.1 Å². The van der Waals surface area contributed by atoms with E-state index in [0.29, 0.717) is 18.8 Å². The Kier molecular flexibility index (Phi) is 5.28. The predicted molar refractivity (Wildman–Crippen MR) is 106 cm³/mol. The second-order valence-electron chi connectivity index (χ2n) is 7.47. The maximum absolute atomic E-state index is 13.5. The van der Waals surface area contributed by atoms with Crippen molar-refractivity contribution in [1.82, 2.24) is 15.3 Å². The highest BCUT2D eigenvalue weighted by Crippen LogP contribution is 2.29. The van der Waals surface area contributed by atoms with E-state index in [-0.39, 0.29) is 17.8 Å². The quantitative estimate of drug-likeness (QED) is 0.611. The number of nitrogens with zero attached hydrogens (tertiary/aromatic N) is 1. The number of amides is 1. The molecule has 2 heterocycles. The topological polar surface area (TPSA) is 67.0 Å². The Bertz CT molecular complexity index is 964. The van der Waals surface area contributed by atoms with E-state index >= 15 is 0 Å². The molecular weight excluding hydrogens is 357 g/mol. The minimum Gasteiger partial charge on any atom is -0.492 e. The van der Waals surface area contributed by atoms with E-state index in [0.717, 1.165) is 34.5 Å². The first-order valence-electron chi connectivity index (χ1n) is 9.72. The van der Waals surface area contributed by atoms with Crippen LogP contribution in [0.3, 0.4) is 0 Å². The van der Waals surface area contributed by atoms with Crippen molar-refractivity contribution in [2.24, 2.45) is 5.92 Å². The van der Waals surface area contributed by atoms with Crippen LogP contribution in [0.25, 0.3) is 10.9 Å². The van der Waals surface area contributed by atoms with Crippen LogP contribution in [-0.4, -0.2) is 22.5 Å². The molecule has 2 N–H and O–H groups in total. The smallest absolute Gasteiger partial charge is 0.220 e. The van der Waals surface area contributed by atoms with E-state index in [4.69, 9.17) is 4.74 Å². The van der Waals surface area contributed by atoms with Gasteiger partial charge in [-0.25, -0.2) is 4.39 Å². The number of halogens is 1. The third kappa shape index (κ3) is 4.50. The van der Waals surface area contributed by atoms with Gasteiger partial charge in [-0.05, 0) is 68.0 Å². The van der Waals surface area contributed by atoms with Gasteiger partial charge in [-0.2, -0.15) is 0 Å². The highest BCUT2D eigenvalue weighted by molar-refractivity contribution is 5.84. The number of hydrogen-bond donors (Lipinski definition) is 2. The Morgan fingerprint density at radius 2 is 2.21 bits per heavy atom. The Morgan fingerprint density at radius 1 is 1.36 bits per heavy atom. The number of aromatic nitrogens is 2. The van der Waals surface area contributed by atoms with Gasteiger partial charge in [-0.1, -0.05) is 0 Å². The van der Waals surface area contributed by atoms with Gasteiger partial charge in [-0.3, -0.25) is 9.78 Å². The number of nitrogens with one attached hydrogen (secondary N) is 2. The van der Waals surface area contributed by atoms with Gasteiger partial charge in [-0.15, -0.1) is 0 Å². The van der Waals surface area contributed by atoms with Crippen molar-refractivity contribution >= 4 is 16.8 Å². The molecule has 1 saturated carbocycles. The molecule has 1 aliphatic rings. The van der Waals surface area contributed by atoms with Crippen LogP contribution in [-0.2, 0) is 11.2 Å². The summed E-state index contributed by atoms with van der Waals surface area (Å²) < 4.78 is 19.2. The first kappa shape index (κ1) is 18.5. The summed E-state index contributed by atoms with van der Waals surface area (Å²) in [6.07, 6.45) is 6.92. The number of pyridine rings is 1. The zero-order valence-electron chi connectivity index (χ0n) is 15.9. The lowest BCUT2D eigenvalue weighted by Gasteiger charge is -2.14. The summed E-state index contributed by atoms with van der Waals surface area (Å²) in [5.74, 6) is 1.13. The number of aryl methyl sites for hydroxylation is 1. The number of hydrogen-bond acceptors (Lipinski definition) is 3. The Balaban J connectivity index is 1.29. The average Bonchev–Trinajstić information content (AvgIpc) is 3.44. The largest absolute Gasteiger partial charge is 0.492 e. The first-order chi connectivity index (χ1) is 13.6. The van der Waals surface area contributed by atoms with Crippen LogP contribution in [0.4, 0.5) is 4.39 Å². The van der Waals surface area contributed by atoms with E-state index in [9.17, 15) is 9.18 Å². The van der Waals surface area contributed by atoms with Crippen molar-refractivity contribution in [3.05, 3.63) is 59.8 Å². The number of aromatic amines is 1. The van der Waals surface area contributed by atoms with Gasteiger partial charge in [0.2, 0.25) is 5.91 Å². The second-order valence-corrected chi connectivity index (χ2v) is 7.47. The van der Waals surface area contributed by atoms with E-state index in [1.54, 1.807) is 12.3 Å². The molecule has 1 aromatic carbocycles. The standard InChI is InChI=1S/C22H24FN3O2/c1-14(20-8-6-18(12-25-20)28-13-15-2-3-15)26-22(27)9-4-16-11-24-21-7-5-17(23)10-19(16)21/h5-8,10-12,14-15,24H,2-4,9,13H2,1H3,(H,26,27). The summed E-state index contributed by atoms with van der Waals surface area (Å²) >= 11 is 0. The second kappa shape index (κ2) is 8.00. The molecule has 1 atom stereocenters. The van der Waals surface area contributed by atoms with Gasteiger partial charge in [0.05, 0.1) is 24.5 Å². The van der Waals surface area contributed by atoms with E-state index in [1.807, 2.05) is 25.3 Å². The van der Waals surface area contributed by atoms with Crippen LogP contribution in [0.15, 0.2) is 42.7 Å². The lowest BCUT2D eigenvalue weighted by molar-refractivity contribution is -0.121. The summed E-state index contributed by atoms with van der Waals surface area (Å²) in [6, 6.07) is 8.22. The minimum atomic E-state index is -0.276. The van der Waals surface area contributed by atoms with Crippen molar-refractivity contribution in [1.29, 1.82) is 0 Å². The number of H-pyrrole nitrogens is 1. The van der Waals surface area contributed by atoms with Gasteiger partial charge in [0.1, 0.15) is 11.6 Å². The van der Waals surface area contributed by atoms with Crippen molar-refractivity contribution in [3.63, 3.8) is 0 Å². The number of carbonyl (C=O) groups excluding carboxylic acids is 1. The zero-order chi connectivity index (χ0) is 19.5. The first-order valence-corrected chi connectivity index (χ1v) is 9.72. The molecule has 0 aliphatic heterocycles. The van der Waals surface area contributed by atoms with Crippen LogP contribution in [0.5, 0.6) is 5.75 Å². The number of benzene rings is 1. The van der Waals surface area contributed by atoms with Crippen LogP contribution >= 0.6 is 0 Å². The molecule has 0 spiro atoms. The number of fused-ring (bicyclic) bond motifs is 1. The predicted octanol–water partition coefficient (Wildman–Crippen LogP) is 4.30. The summed E-state index contributed by atoms with van der Waals surface area (Å²) in [5, 5.41) is 3.79. The molecule has 1 aliphatic carbocycles. The highest BCUT2D eigenvalue weighted by Gasteiger charge is 2.22. The van der Waals surface area contributed by atoms with E-state index < -0.39 is 0 Å². The van der Waals surface area contributed by atoms with Crippen LogP contribution in [0.1, 0.15) is 43.5 Å². The SMILES string of the molecule is CC(NC(=O)CCc1c[nH]c2ccc(F)cc12)c1ccc(OCC2CC2)cn1. The highest BCUT2D eigenvalue weighted by atomic mass is 19.1. The summed E-state index contributed by atoms with van der Waals surface area (Å²) in [4.78, 5) is 19.8. The van der Waals surface area contributed by atoms with Gasteiger partial charge < -0.3 is 15.0 Å². The molecule has 4 rings (SSSR count). The normalized spacial score (nSPS) is 14.8. The molecule has 2 aromatic heterocycles. The molecule has 1 unspecified atom stereocenters. The Hall–Kier alpha value is -2.89. The lowest BCUT2D eigenvalue weighted by atomic mass is 10.1. The molecule has 0 bridgehead atoms. The molecule has 6 heteroatoms. The fourth-order valence-corrected chi connectivity index (χ4v) is 3.23. The van der Waals surface area contributed by atoms with E-state index in [2.05, 4.69) is 15.3 Å². The number of rotatable bonds is 8. The number of ether oxygens (including phenoxy) is 1. The molecular formula is C22H24FN3O2. The fraction of sp³-hybridized carbons (Fsp3) is 0.364. The zero-order valence-corrected chi connectivity index (χ0v) is 15.9. The van der Waals surface area contributed by atoms with E-state index in [1.165, 1.54) is 25.0 Å². The maximum atomic E-state index is 13.5. The molecule has 3 aromatic rings. The molecule has 1 fully saturated rings. The summed E-state index contributed by atoms with van der Waals surface area (Å²) in [5.41, 5.74) is 2.60. The Labute approximate surface area is 163 Å². The molecule has 0 saturated heterocycles. The Morgan fingerprint density at radius 3 is 2.96 bits per heavy atom. The third-order valence-electron chi connectivity index (χ3n) is 5.11. The monoisotopic (exact) mass is 381 g/mol. The van der Waals surface area contributed by atoms with Crippen molar-refractivity contribution in [3.8, 4) is 5.75 Å². The maximum Gasteiger partial charge on any atom is 0.220 e. The van der Waals surface area contributed by atoms with Crippen molar-refractivity contribution in [2.45, 2.75) is 38.6 Å². The molecule has 0 radical (unpaired) electrons. The van der Waals surface area contributed by atoms with Crippen molar-refractivity contribution < 1.29 is 13.9 Å². The summed E-state index contributed by atoms with van der Waals surface area (Å²) in [6.45, 7) is 2.66. The molecule has 146 valence electrons. The van der Waals surface area contributed by atoms with Crippen LogP contribution in [0, 0.1) is 11.7 Å². The van der Waals surface area contributed by atoms with Crippen molar-refractivity contribution in [2.75, 3.05) is 6.61 Å². The minimum absolute atomic E-state index is 0.0610. The fourth-order valence-electron chi connectivity index (χ4n) is 3.23. The van der Waals surface area contributed by atoms with Gasteiger partial charge in [0.15, 0.2) is 0 Å².